The number of phenolic OH excluding ortho intramolecular Hbond substituents is 1. The summed E-state index contributed by atoms with van der Waals surface area (Å²) >= 11 is 10.8. The van der Waals surface area contributed by atoms with E-state index in [1.54, 1.807) is 12.1 Å². The SMILES string of the molecule is BrB(Br)Br.CSc1ccc(C(C)=O)c(O)c1. The van der Waals surface area contributed by atoms with Gasteiger partial charge < -0.3 is 5.11 Å². The Morgan fingerprint density at radius 2 is 1.88 bits per heavy atom. The van der Waals surface area contributed by atoms with Crippen LogP contribution in [0.25, 0.3) is 0 Å². The zero-order valence-corrected chi connectivity index (χ0v) is 14.3. The average Bonchev–Trinajstić information content (AvgIpc) is 2.16. The van der Waals surface area contributed by atoms with Crippen molar-refractivity contribution in [2.75, 3.05) is 6.26 Å². The van der Waals surface area contributed by atoms with Crippen LogP contribution >= 0.6 is 59.0 Å². The fraction of sp³-hybridized carbons (Fsp3) is 0.222. The molecule has 0 spiro atoms. The standard InChI is InChI=1S/C9H10O2S.BBr3/c1-6(10)8-4-3-7(12-2)5-9(8)11;2-1(3)4/h3-5,11H,1-2H3;. The summed E-state index contributed by atoms with van der Waals surface area (Å²) in [6.45, 7) is 1.44. The van der Waals surface area contributed by atoms with Crippen molar-refractivity contribution in [3.05, 3.63) is 23.8 Å². The Hall–Kier alpha value is 0.545. The minimum absolute atomic E-state index is 0.0642. The van der Waals surface area contributed by atoms with Crippen LogP contribution in [0.2, 0.25) is 0 Å². The van der Waals surface area contributed by atoms with E-state index in [1.807, 2.05) is 12.3 Å². The quantitative estimate of drug-likeness (QED) is 0.425. The van der Waals surface area contributed by atoms with Crippen LogP contribution in [-0.2, 0) is 0 Å². The van der Waals surface area contributed by atoms with E-state index in [9.17, 15) is 9.90 Å². The zero-order valence-electron chi connectivity index (χ0n) is 8.71. The van der Waals surface area contributed by atoms with E-state index in [-0.39, 0.29) is 14.7 Å². The third kappa shape index (κ3) is 6.99. The second kappa shape index (κ2) is 8.61. The number of halogens is 3. The fourth-order valence-electron chi connectivity index (χ4n) is 0.936. The first kappa shape index (κ1) is 16.5. The molecule has 0 saturated heterocycles. The molecule has 0 fully saturated rings. The van der Waals surface area contributed by atoms with Gasteiger partial charge >= 0.3 is 3.18 Å². The van der Waals surface area contributed by atoms with Gasteiger partial charge in [0.1, 0.15) is 5.75 Å². The van der Waals surface area contributed by atoms with E-state index in [1.165, 1.54) is 18.7 Å². The average molecular weight is 433 g/mol. The van der Waals surface area contributed by atoms with Crippen molar-refractivity contribution < 1.29 is 9.90 Å². The number of thioether (sulfide) groups is 1. The molecule has 0 aliphatic heterocycles. The molecule has 1 rings (SSSR count). The molecule has 0 atom stereocenters. The molecule has 0 bridgehead atoms. The van der Waals surface area contributed by atoms with Crippen LogP contribution in [0.4, 0.5) is 0 Å². The van der Waals surface area contributed by atoms with Gasteiger partial charge in [0.25, 0.3) is 0 Å². The number of hydrogen-bond acceptors (Lipinski definition) is 3. The lowest BCUT2D eigenvalue weighted by atomic mass is 10.1. The van der Waals surface area contributed by atoms with Gasteiger partial charge in [-0.15, -0.1) is 59.0 Å². The molecule has 0 aliphatic carbocycles. The number of hydrogen-bond donors (Lipinski definition) is 1. The predicted molar refractivity (Wildman–Crippen MR) is 82.4 cm³/mol. The van der Waals surface area contributed by atoms with Gasteiger partial charge in [0.2, 0.25) is 0 Å². The summed E-state index contributed by atoms with van der Waals surface area (Å²) in [5, 5.41) is 9.36. The van der Waals surface area contributed by atoms with Crippen molar-refractivity contribution >= 4 is 68.0 Å². The van der Waals surface area contributed by atoms with E-state index >= 15 is 0 Å². The molecule has 0 aliphatic rings. The molecule has 88 valence electrons. The minimum Gasteiger partial charge on any atom is -0.507 e. The second-order valence-electron chi connectivity index (χ2n) is 2.69. The van der Waals surface area contributed by atoms with Crippen LogP contribution in [0.5, 0.6) is 5.75 Å². The van der Waals surface area contributed by atoms with E-state index in [0.29, 0.717) is 5.56 Å². The van der Waals surface area contributed by atoms with Crippen molar-refractivity contribution in [1.29, 1.82) is 0 Å². The Balaban J connectivity index is 0.000000487. The third-order valence-corrected chi connectivity index (χ3v) is 2.31. The number of ketones is 1. The molecule has 0 unspecified atom stereocenters. The largest absolute Gasteiger partial charge is 0.507 e. The highest BCUT2D eigenvalue weighted by atomic mass is 79.9. The smallest absolute Gasteiger partial charge is 0.369 e. The van der Waals surface area contributed by atoms with Crippen molar-refractivity contribution in [1.82, 2.24) is 0 Å². The number of aromatic hydroxyl groups is 1. The van der Waals surface area contributed by atoms with Gasteiger partial charge in [-0.1, -0.05) is 0 Å². The molecular weight excluding hydrogens is 423 g/mol. The molecule has 1 aromatic carbocycles. The summed E-state index contributed by atoms with van der Waals surface area (Å²) in [5.74, 6) is -0.0468. The summed E-state index contributed by atoms with van der Waals surface area (Å²) in [7, 11) is 0. The van der Waals surface area contributed by atoms with Crippen molar-refractivity contribution in [3.63, 3.8) is 0 Å². The maximum atomic E-state index is 10.9. The molecule has 1 N–H and O–H groups in total. The van der Waals surface area contributed by atoms with Gasteiger partial charge in [0, 0.05) is 4.90 Å². The fourth-order valence-corrected chi connectivity index (χ4v) is 1.37. The van der Waals surface area contributed by atoms with Gasteiger partial charge in [-0.2, -0.15) is 0 Å². The predicted octanol–water partition coefficient (Wildman–Crippen LogP) is 4.47. The summed E-state index contributed by atoms with van der Waals surface area (Å²) in [5.41, 5.74) is 0.382. The molecule has 0 amide bonds. The number of benzene rings is 1. The normalized spacial score (nSPS) is 9.06. The highest BCUT2D eigenvalue weighted by Crippen LogP contribution is 2.24. The lowest BCUT2D eigenvalue weighted by Crippen LogP contribution is -1.91. The van der Waals surface area contributed by atoms with E-state index in [2.05, 4.69) is 47.3 Å². The second-order valence-corrected chi connectivity index (χ2v) is 10.00. The molecule has 0 aromatic heterocycles. The van der Waals surface area contributed by atoms with Gasteiger partial charge in [-0.3, -0.25) is 4.79 Å². The number of rotatable bonds is 2. The van der Waals surface area contributed by atoms with Crippen molar-refractivity contribution in [3.8, 4) is 5.75 Å². The molecule has 0 heterocycles. The van der Waals surface area contributed by atoms with Crippen molar-refractivity contribution in [2.24, 2.45) is 0 Å². The number of carbonyl (C=O) groups excluding carboxylic acids is 1. The summed E-state index contributed by atoms with van der Waals surface area (Å²) in [6.07, 6.45) is 1.92. The molecule has 16 heavy (non-hydrogen) atoms. The van der Waals surface area contributed by atoms with Crippen molar-refractivity contribution in [2.45, 2.75) is 11.8 Å². The Kier molecular flexibility index (Phi) is 8.90. The zero-order chi connectivity index (χ0) is 12.7. The summed E-state index contributed by atoms with van der Waals surface area (Å²) in [6, 6.07) is 5.06. The molecule has 2 nitrogen and oxygen atoms in total. The first-order valence-electron chi connectivity index (χ1n) is 4.18. The topological polar surface area (TPSA) is 37.3 Å². The minimum atomic E-state index is -0.111. The summed E-state index contributed by atoms with van der Waals surface area (Å²) < 4.78 is 0.271. The van der Waals surface area contributed by atoms with E-state index in [0.717, 1.165) is 4.90 Å². The lowest BCUT2D eigenvalue weighted by molar-refractivity contribution is 0.101. The maximum Gasteiger partial charge on any atom is 0.369 e. The first-order chi connectivity index (χ1) is 7.38. The van der Waals surface area contributed by atoms with Gasteiger partial charge in [-0.25, -0.2) is 0 Å². The highest BCUT2D eigenvalue weighted by molar-refractivity contribution is 9.69. The lowest BCUT2D eigenvalue weighted by Gasteiger charge is -2.01. The van der Waals surface area contributed by atoms with Gasteiger partial charge in [0.15, 0.2) is 5.78 Å². The van der Waals surface area contributed by atoms with Crippen LogP contribution in [0.15, 0.2) is 23.1 Å². The number of carbonyl (C=O) groups is 1. The number of phenols is 1. The van der Waals surface area contributed by atoms with Crippen LogP contribution in [-0.4, -0.2) is 20.3 Å². The Morgan fingerprint density at radius 3 is 2.19 bits per heavy atom. The first-order valence-corrected chi connectivity index (χ1v) is 8.15. The van der Waals surface area contributed by atoms with Crippen LogP contribution < -0.4 is 0 Å². The van der Waals surface area contributed by atoms with Gasteiger partial charge in [-0.05, 0) is 31.4 Å². The molecular formula is C9H10BBr3O2S. The molecule has 0 saturated carbocycles. The molecule has 1 aromatic rings. The Bertz CT molecular complexity index is 358. The highest BCUT2D eigenvalue weighted by Gasteiger charge is 2.05. The molecule has 7 heteroatoms. The Labute approximate surface area is 125 Å². The molecule has 0 radical (unpaired) electrons. The third-order valence-electron chi connectivity index (χ3n) is 1.58. The van der Waals surface area contributed by atoms with Crippen LogP contribution in [0.1, 0.15) is 17.3 Å². The van der Waals surface area contributed by atoms with Crippen LogP contribution in [0, 0.1) is 0 Å². The van der Waals surface area contributed by atoms with Gasteiger partial charge in [0.05, 0.1) is 5.56 Å². The van der Waals surface area contributed by atoms with E-state index in [4.69, 9.17) is 0 Å². The maximum absolute atomic E-state index is 10.9. The Morgan fingerprint density at radius 1 is 1.38 bits per heavy atom. The van der Waals surface area contributed by atoms with Crippen LogP contribution in [0.3, 0.4) is 0 Å². The number of Topliss-reactive ketones (excluding diaryl/α,β-unsaturated/α-hetero) is 1. The monoisotopic (exact) mass is 430 g/mol. The van der Waals surface area contributed by atoms with E-state index < -0.39 is 0 Å². The summed E-state index contributed by atoms with van der Waals surface area (Å²) in [4.78, 5) is 11.9.